The lowest BCUT2D eigenvalue weighted by molar-refractivity contribution is 0.245. The molecule has 1 rings (SSSR count). The first-order valence-corrected chi connectivity index (χ1v) is 5.93. The second-order valence-electron chi connectivity index (χ2n) is 5.78. The van der Waals surface area contributed by atoms with E-state index in [1.165, 1.54) is 32.4 Å². The Morgan fingerprint density at radius 2 is 2.07 bits per heavy atom. The first-order chi connectivity index (χ1) is 6.47. The van der Waals surface area contributed by atoms with Gasteiger partial charge in [0, 0.05) is 18.6 Å². The number of nitrogens with one attached hydrogen (secondary N) is 2. The van der Waals surface area contributed by atoms with Crippen molar-refractivity contribution in [1.82, 2.24) is 10.6 Å². The van der Waals surface area contributed by atoms with Crippen molar-refractivity contribution >= 4 is 0 Å². The summed E-state index contributed by atoms with van der Waals surface area (Å²) in [6.07, 6.45) is 3.99. The van der Waals surface area contributed by atoms with Crippen LogP contribution < -0.4 is 10.6 Å². The van der Waals surface area contributed by atoms with E-state index in [2.05, 4.69) is 38.3 Å². The van der Waals surface area contributed by atoms with Gasteiger partial charge in [0.15, 0.2) is 0 Å². The van der Waals surface area contributed by atoms with Gasteiger partial charge >= 0.3 is 0 Å². The zero-order chi connectivity index (χ0) is 10.7. The van der Waals surface area contributed by atoms with Crippen molar-refractivity contribution < 1.29 is 0 Å². The number of rotatable bonds is 4. The molecule has 1 aliphatic rings. The van der Waals surface area contributed by atoms with Crippen LogP contribution in [-0.2, 0) is 0 Å². The molecule has 0 spiro atoms. The highest BCUT2D eigenvalue weighted by molar-refractivity contribution is 4.91. The van der Waals surface area contributed by atoms with Crippen molar-refractivity contribution in [1.29, 1.82) is 0 Å². The monoisotopic (exact) mass is 198 g/mol. The molecule has 1 saturated heterocycles. The lowest BCUT2D eigenvalue weighted by atomic mass is 9.82. The highest BCUT2D eigenvalue weighted by Gasteiger charge is 2.33. The summed E-state index contributed by atoms with van der Waals surface area (Å²) in [5.74, 6) is 0. The van der Waals surface area contributed by atoms with Crippen LogP contribution in [0.3, 0.4) is 0 Å². The molecule has 2 N–H and O–H groups in total. The summed E-state index contributed by atoms with van der Waals surface area (Å²) < 4.78 is 0. The highest BCUT2D eigenvalue weighted by atomic mass is 15.0. The maximum Gasteiger partial charge on any atom is 0.00967 e. The fourth-order valence-electron chi connectivity index (χ4n) is 2.23. The molecular formula is C12H26N2. The molecule has 0 aromatic heterocycles. The standard InChI is InChI=1S/C12H26N2/c1-5-6-12(7-8-13-9-12)10-14-11(2,3)4/h13-14H,5-10H2,1-4H3. The van der Waals surface area contributed by atoms with Crippen molar-refractivity contribution in [2.45, 2.75) is 52.5 Å². The zero-order valence-electron chi connectivity index (χ0n) is 10.2. The van der Waals surface area contributed by atoms with E-state index in [4.69, 9.17) is 0 Å². The third kappa shape index (κ3) is 3.58. The predicted molar refractivity (Wildman–Crippen MR) is 62.6 cm³/mol. The smallest absolute Gasteiger partial charge is 0.00967 e. The topological polar surface area (TPSA) is 24.1 Å². The molecule has 84 valence electrons. The first kappa shape index (κ1) is 12.0. The van der Waals surface area contributed by atoms with Gasteiger partial charge in [0.1, 0.15) is 0 Å². The van der Waals surface area contributed by atoms with E-state index in [0.29, 0.717) is 5.41 Å². The molecule has 0 radical (unpaired) electrons. The summed E-state index contributed by atoms with van der Waals surface area (Å²) in [5.41, 5.74) is 0.783. The second kappa shape index (κ2) is 4.63. The van der Waals surface area contributed by atoms with Gasteiger partial charge in [-0.2, -0.15) is 0 Å². The summed E-state index contributed by atoms with van der Waals surface area (Å²) in [6.45, 7) is 12.6. The maximum atomic E-state index is 3.65. The molecule has 1 atom stereocenters. The van der Waals surface area contributed by atoms with Gasteiger partial charge in [-0.15, -0.1) is 0 Å². The number of hydrogen-bond donors (Lipinski definition) is 2. The van der Waals surface area contributed by atoms with Crippen LogP contribution in [0.1, 0.15) is 47.0 Å². The van der Waals surface area contributed by atoms with E-state index in [9.17, 15) is 0 Å². The average Bonchev–Trinajstić information content (AvgIpc) is 2.50. The molecule has 1 aliphatic heterocycles. The van der Waals surface area contributed by atoms with Gasteiger partial charge in [0.25, 0.3) is 0 Å². The largest absolute Gasteiger partial charge is 0.316 e. The van der Waals surface area contributed by atoms with E-state index in [1.807, 2.05) is 0 Å². The average molecular weight is 198 g/mol. The van der Waals surface area contributed by atoms with Crippen LogP contribution in [0.2, 0.25) is 0 Å². The van der Waals surface area contributed by atoms with Crippen LogP contribution in [0.5, 0.6) is 0 Å². The number of hydrogen-bond acceptors (Lipinski definition) is 2. The van der Waals surface area contributed by atoms with Gasteiger partial charge in [-0.25, -0.2) is 0 Å². The maximum absolute atomic E-state index is 3.65. The van der Waals surface area contributed by atoms with Crippen LogP contribution in [-0.4, -0.2) is 25.2 Å². The summed E-state index contributed by atoms with van der Waals surface area (Å²) in [5, 5.41) is 7.14. The summed E-state index contributed by atoms with van der Waals surface area (Å²) in [4.78, 5) is 0. The minimum Gasteiger partial charge on any atom is -0.316 e. The van der Waals surface area contributed by atoms with Crippen LogP contribution in [0.15, 0.2) is 0 Å². The minimum atomic E-state index is 0.253. The van der Waals surface area contributed by atoms with Crippen LogP contribution in [0.4, 0.5) is 0 Å². The van der Waals surface area contributed by atoms with E-state index in [0.717, 1.165) is 6.54 Å². The Kier molecular flexibility index (Phi) is 3.96. The third-order valence-electron chi connectivity index (χ3n) is 3.11. The Balaban J connectivity index is 2.43. The van der Waals surface area contributed by atoms with Gasteiger partial charge < -0.3 is 10.6 Å². The molecule has 1 unspecified atom stereocenters. The van der Waals surface area contributed by atoms with Crippen molar-refractivity contribution in [3.05, 3.63) is 0 Å². The van der Waals surface area contributed by atoms with Gasteiger partial charge in [-0.1, -0.05) is 13.3 Å². The molecule has 2 heteroatoms. The first-order valence-electron chi connectivity index (χ1n) is 5.93. The lowest BCUT2D eigenvalue weighted by Crippen LogP contribution is -2.44. The molecule has 0 aromatic rings. The quantitative estimate of drug-likeness (QED) is 0.723. The van der Waals surface area contributed by atoms with Crippen molar-refractivity contribution in [3.8, 4) is 0 Å². The van der Waals surface area contributed by atoms with Crippen LogP contribution in [0, 0.1) is 5.41 Å². The molecule has 0 amide bonds. The van der Waals surface area contributed by atoms with E-state index in [1.54, 1.807) is 0 Å². The summed E-state index contributed by atoms with van der Waals surface area (Å²) in [6, 6.07) is 0. The highest BCUT2D eigenvalue weighted by Crippen LogP contribution is 2.30. The van der Waals surface area contributed by atoms with E-state index in [-0.39, 0.29) is 5.54 Å². The van der Waals surface area contributed by atoms with Gasteiger partial charge in [-0.05, 0) is 45.6 Å². The van der Waals surface area contributed by atoms with Crippen molar-refractivity contribution in [2.75, 3.05) is 19.6 Å². The molecule has 1 fully saturated rings. The van der Waals surface area contributed by atoms with Gasteiger partial charge in [0.05, 0.1) is 0 Å². The van der Waals surface area contributed by atoms with Crippen molar-refractivity contribution in [2.24, 2.45) is 5.41 Å². The van der Waals surface area contributed by atoms with Gasteiger partial charge in [-0.3, -0.25) is 0 Å². The normalized spacial score (nSPS) is 28.3. The zero-order valence-corrected chi connectivity index (χ0v) is 10.2. The minimum absolute atomic E-state index is 0.253. The second-order valence-corrected chi connectivity index (χ2v) is 5.78. The molecule has 0 saturated carbocycles. The van der Waals surface area contributed by atoms with Crippen LogP contribution in [0.25, 0.3) is 0 Å². The molecular weight excluding hydrogens is 172 g/mol. The molecule has 2 nitrogen and oxygen atoms in total. The molecule has 0 bridgehead atoms. The molecule has 0 aromatic carbocycles. The Morgan fingerprint density at radius 3 is 2.50 bits per heavy atom. The van der Waals surface area contributed by atoms with Crippen LogP contribution >= 0.6 is 0 Å². The summed E-state index contributed by atoms with van der Waals surface area (Å²) in [7, 11) is 0. The summed E-state index contributed by atoms with van der Waals surface area (Å²) >= 11 is 0. The third-order valence-corrected chi connectivity index (χ3v) is 3.11. The molecule has 14 heavy (non-hydrogen) atoms. The van der Waals surface area contributed by atoms with E-state index < -0.39 is 0 Å². The lowest BCUT2D eigenvalue weighted by Gasteiger charge is -2.32. The molecule has 1 heterocycles. The van der Waals surface area contributed by atoms with Crippen molar-refractivity contribution in [3.63, 3.8) is 0 Å². The Labute approximate surface area is 88.8 Å². The fraction of sp³-hybridized carbons (Fsp3) is 1.00. The van der Waals surface area contributed by atoms with E-state index >= 15 is 0 Å². The van der Waals surface area contributed by atoms with Gasteiger partial charge in [0.2, 0.25) is 0 Å². The Hall–Kier alpha value is -0.0800. The Bertz CT molecular complexity index is 164. The molecule has 0 aliphatic carbocycles. The fourth-order valence-corrected chi connectivity index (χ4v) is 2.23. The Morgan fingerprint density at radius 1 is 1.36 bits per heavy atom. The predicted octanol–water partition coefficient (Wildman–Crippen LogP) is 2.15. The SMILES string of the molecule is CCCC1(CNC(C)(C)C)CCNC1.